The van der Waals surface area contributed by atoms with Crippen LogP contribution in [0, 0.1) is 0 Å². The van der Waals surface area contributed by atoms with Crippen LogP contribution in [0.5, 0.6) is 0 Å². The van der Waals surface area contributed by atoms with E-state index in [0.29, 0.717) is 13.3 Å². The fourth-order valence-corrected chi connectivity index (χ4v) is 0.731. The van der Waals surface area contributed by atoms with Gasteiger partial charge in [0.05, 0.1) is 19.8 Å². The van der Waals surface area contributed by atoms with Gasteiger partial charge in [-0.3, -0.25) is 0 Å². The Morgan fingerprint density at radius 1 is 1.33 bits per heavy atom. The van der Waals surface area contributed by atoms with E-state index in [1.807, 2.05) is 0 Å². The van der Waals surface area contributed by atoms with E-state index in [0.717, 1.165) is 18.9 Å². The van der Waals surface area contributed by atoms with Crippen molar-refractivity contribution in [2.45, 2.75) is 0 Å². The number of carbonyl (C=O) groups excluding carboxylic acids is 1. The molecule has 2 N–H and O–H groups in total. The smallest absolute Gasteiger partial charge is 0.319 e. The van der Waals surface area contributed by atoms with Crippen molar-refractivity contribution in [2.75, 3.05) is 26.6 Å². The van der Waals surface area contributed by atoms with Crippen molar-refractivity contribution in [3.63, 3.8) is 0 Å². The lowest BCUT2D eigenvalue weighted by molar-refractivity contribution is 0.0692. The van der Waals surface area contributed by atoms with Gasteiger partial charge in [-0.15, -0.1) is 0 Å². The fraction of sp³-hybridized carbons (Fsp3) is 0.571. The Balaban J connectivity index is 0.000000127. The van der Waals surface area contributed by atoms with Gasteiger partial charge in [0.15, 0.2) is 0 Å². The Labute approximate surface area is 70.7 Å². The number of carbonyl (C=O) groups is 1. The predicted molar refractivity (Wildman–Crippen MR) is 42.4 cm³/mol. The Morgan fingerprint density at radius 2 is 2.00 bits per heavy atom. The van der Waals surface area contributed by atoms with Crippen LogP contribution in [-0.2, 0) is 9.47 Å². The first kappa shape index (κ1) is 9.02. The third kappa shape index (κ3) is 3.36. The average Bonchev–Trinajstić information content (AvgIpc) is 2.63. The number of rotatable bonds is 0. The number of urea groups is 1. The van der Waals surface area contributed by atoms with Crippen molar-refractivity contribution in [2.24, 2.45) is 0 Å². The summed E-state index contributed by atoms with van der Waals surface area (Å²) >= 11 is 0. The molecule has 2 aliphatic heterocycles. The maximum absolute atomic E-state index is 10.2. The number of nitrogens with one attached hydrogen (secondary N) is 2. The van der Waals surface area contributed by atoms with Crippen molar-refractivity contribution in [1.82, 2.24) is 10.6 Å². The summed E-state index contributed by atoms with van der Waals surface area (Å²) in [5.41, 5.74) is 0.741. The summed E-state index contributed by atoms with van der Waals surface area (Å²) in [7, 11) is 0. The number of hydrogen-bond donors (Lipinski definition) is 2. The van der Waals surface area contributed by atoms with Gasteiger partial charge < -0.3 is 20.1 Å². The third-order valence-corrected chi connectivity index (χ3v) is 1.29. The van der Waals surface area contributed by atoms with E-state index in [2.05, 4.69) is 17.2 Å². The molecule has 0 aromatic rings. The third-order valence-electron chi connectivity index (χ3n) is 1.29. The zero-order valence-electron chi connectivity index (χ0n) is 6.76. The van der Waals surface area contributed by atoms with Crippen LogP contribution in [0.4, 0.5) is 4.79 Å². The van der Waals surface area contributed by atoms with Gasteiger partial charge in [0, 0.05) is 5.70 Å². The maximum atomic E-state index is 10.2. The Kier molecular flexibility index (Phi) is 3.56. The molecule has 5 nitrogen and oxygen atoms in total. The topological polar surface area (TPSA) is 59.6 Å². The first-order chi connectivity index (χ1) is 5.79. The van der Waals surface area contributed by atoms with E-state index in [1.54, 1.807) is 0 Å². The Hall–Kier alpha value is -1.07. The highest BCUT2D eigenvalue weighted by Gasteiger charge is 2.08. The van der Waals surface area contributed by atoms with Crippen LogP contribution in [0.3, 0.4) is 0 Å². The standard InChI is InChI=1S/C4H6N2O.C3H6O2/c1-3-2-5-4(7)6-3;1-2-5-3-4-1/h1-2H2,(H2,5,6,7);1-3H2. The molecule has 0 spiro atoms. The molecule has 0 aromatic heterocycles. The summed E-state index contributed by atoms with van der Waals surface area (Å²) in [4.78, 5) is 10.2. The minimum atomic E-state index is -0.148. The second-order valence-electron chi connectivity index (χ2n) is 2.35. The van der Waals surface area contributed by atoms with E-state index in [4.69, 9.17) is 9.47 Å². The van der Waals surface area contributed by atoms with Crippen LogP contribution in [0.2, 0.25) is 0 Å². The molecule has 0 saturated carbocycles. The summed E-state index contributed by atoms with van der Waals surface area (Å²) in [6, 6.07) is -0.148. The lowest BCUT2D eigenvalue weighted by Gasteiger charge is -1.83. The molecule has 5 heteroatoms. The van der Waals surface area contributed by atoms with Gasteiger partial charge >= 0.3 is 6.03 Å². The van der Waals surface area contributed by atoms with Gasteiger partial charge in [-0.25, -0.2) is 4.79 Å². The largest absolute Gasteiger partial charge is 0.353 e. The summed E-state index contributed by atoms with van der Waals surface area (Å²) in [5, 5.41) is 4.99. The van der Waals surface area contributed by atoms with E-state index in [9.17, 15) is 4.79 Å². The summed E-state index contributed by atoms with van der Waals surface area (Å²) in [5.74, 6) is 0. The predicted octanol–water partition coefficient (Wildman–Crippen LogP) is -0.196. The van der Waals surface area contributed by atoms with Crippen molar-refractivity contribution in [1.29, 1.82) is 0 Å². The average molecular weight is 172 g/mol. The molecule has 2 heterocycles. The van der Waals surface area contributed by atoms with E-state index >= 15 is 0 Å². The second-order valence-corrected chi connectivity index (χ2v) is 2.35. The Bertz CT molecular complexity index is 156. The van der Waals surface area contributed by atoms with Crippen molar-refractivity contribution in [3.8, 4) is 0 Å². The monoisotopic (exact) mass is 172 g/mol. The number of amides is 2. The van der Waals surface area contributed by atoms with Gasteiger partial charge in [-0.05, 0) is 0 Å². The zero-order valence-corrected chi connectivity index (χ0v) is 6.76. The quantitative estimate of drug-likeness (QED) is 0.532. The van der Waals surface area contributed by atoms with Gasteiger partial charge in [0.25, 0.3) is 0 Å². The molecule has 2 rings (SSSR count). The SMILES string of the molecule is C1COCO1.C=C1CNC(=O)N1. The van der Waals surface area contributed by atoms with Crippen LogP contribution in [0.15, 0.2) is 12.3 Å². The normalized spacial score (nSPS) is 21.0. The van der Waals surface area contributed by atoms with E-state index < -0.39 is 0 Å². The van der Waals surface area contributed by atoms with E-state index in [-0.39, 0.29) is 6.03 Å². The van der Waals surface area contributed by atoms with Crippen LogP contribution >= 0.6 is 0 Å². The van der Waals surface area contributed by atoms with E-state index in [1.165, 1.54) is 0 Å². The highest BCUT2D eigenvalue weighted by atomic mass is 16.7. The highest BCUT2D eigenvalue weighted by Crippen LogP contribution is 1.87. The van der Waals surface area contributed by atoms with Gasteiger partial charge in [-0.1, -0.05) is 6.58 Å². The summed E-state index contributed by atoms with van der Waals surface area (Å²) in [6.07, 6.45) is 0. The molecule has 0 radical (unpaired) electrons. The summed E-state index contributed by atoms with van der Waals surface area (Å²) < 4.78 is 9.44. The molecule has 2 aliphatic rings. The van der Waals surface area contributed by atoms with Crippen molar-refractivity contribution >= 4 is 6.03 Å². The highest BCUT2D eigenvalue weighted by molar-refractivity contribution is 5.78. The maximum Gasteiger partial charge on any atom is 0.319 e. The zero-order chi connectivity index (χ0) is 8.81. The first-order valence-corrected chi connectivity index (χ1v) is 3.67. The van der Waals surface area contributed by atoms with Gasteiger partial charge in [0.2, 0.25) is 0 Å². The minimum Gasteiger partial charge on any atom is -0.353 e. The number of ether oxygens (including phenoxy) is 2. The lowest BCUT2D eigenvalue weighted by atomic mass is 10.5. The fourth-order valence-electron chi connectivity index (χ4n) is 0.731. The molecule has 0 atom stereocenters. The number of hydrogen-bond acceptors (Lipinski definition) is 3. The summed E-state index contributed by atoms with van der Waals surface area (Å²) in [6.45, 7) is 6.13. The van der Waals surface area contributed by atoms with Gasteiger partial charge in [-0.2, -0.15) is 0 Å². The van der Waals surface area contributed by atoms with Crippen molar-refractivity contribution in [3.05, 3.63) is 12.3 Å². The molecule has 2 fully saturated rings. The Morgan fingerprint density at radius 3 is 2.17 bits per heavy atom. The minimum absolute atomic E-state index is 0.148. The molecule has 2 saturated heterocycles. The van der Waals surface area contributed by atoms with Crippen LogP contribution in [0.25, 0.3) is 0 Å². The molecule has 0 bridgehead atoms. The molecule has 2 amide bonds. The molecule has 0 aromatic carbocycles. The molecular weight excluding hydrogens is 160 g/mol. The molecule has 0 unspecified atom stereocenters. The molecule has 12 heavy (non-hydrogen) atoms. The van der Waals surface area contributed by atoms with Crippen LogP contribution in [0.1, 0.15) is 0 Å². The molecule has 0 aliphatic carbocycles. The van der Waals surface area contributed by atoms with Crippen LogP contribution < -0.4 is 10.6 Å². The van der Waals surface area contributed by atoms with Gasteiger partial charge in [0.1, 0.15) is 6.79 Å². The van der Waals surface area contributed by atoms with Crippen LogP contribution in [-0.4, -0.2) is 32.6 Å². The lowest BCUT2D eigenvalue weighted by Crippen LogP contribution is -2.19. The second kappa shape index (κ2) is 4.74. The van der Waals surface area contributed by atoms with Crippen molar-refractivity contribution < 1.29 is 14.3 Å². The molecular formula is C7H12N2O3. The first-order valence-electron chi connectivity index (χ1n) is 3.67. The molecule has 68 valence electrons.